The van der Waals surface area contributed by atoms with Crippen LogP contribution in [0.15, 0.2) is 53.2 Å². The number of urea groups is 1. The van der Waals surface area contributed by atoms with E-state index in [4.69, 9.17) is 18.6 Å². The normalized spacial score (nSPS) is 10.5. The van der Waals surface area contributed by atoms with E-state index in [0.29, 0.717) is 17.7 Å². The van der Waals surface area contributed by atoms with Crippen molar-refractivity contribution < 1.29 is 33.0 Å². The number of amides is 2. The van der Waals surface area contributed by atoms with Crippen molar-refractivity contribution in [2.75, 3.05) is 33.2 Å². The Morgan fingerprint density at radius 1 is 0.897 bits per heavy atom. The Balaban J connectivity index is 2.00. The summed E-state index contributed by atoms with van der Waals surface area (Å²) in [6.45, 7) is 2.07. The molecule has 3 heterocycles. The SMILES string of the molecule is CCNC(=O)Nc1ncc(-c2cnc(OC)c(C(=O)OC)c2)c(-c2nnc(-c3ccccc3)o2)c1C(=O)OC. The molecule has 0 fully saturated rings. The minimum atomic E-state index is -0.833. The molecule has 1 aromatic carbocycles. The van der Waals surface area contributed by atoms with Crippen molar-refractivity contribution in [1.29, 1.82) is 0 Å². The number of rotatable bonds is 8. The fourth-order valence-electron chi connectivity index (χ4n) is 3.70. The van der Waals surface area contributed by atoms with Gasteiger partial charge in [-0.3, -0.25) is 5.32 Å². The highest BCUT2D eigenvalue weighted by molar-refractivity contribution is 6.07. The molecule has 0 atom stereocenters. The van der Waals surface area contributed by atoms with Crippen molar-refractivity contribution >= 4 is 23.8 Å². The summed E-state index contributed by atoms with van der Waals surface area (Å²) in [6.07, 6.45) is 2.79. The summed E-state index contributed by atoms with van der Waals surface area (Å²) in [5.74, 6) is -1.48. The molecule has 4 aromatic rings. The lowest BCUT2D eigenvalue weighted by Gasteiger charge is -2.16. The van der Waals surface area contributed by atoms with Crippen molar-refractivity contribution in [3.63, 3.8) is 0 Å². The molecule has 0 unspecified atom stereocenters. The van der Waals surface area contributed by atoms with Crippen LogP contribution in [0.1, 0.15) is 27.6 Å². The third kappa shape index (κ3) is 5.51. The van der Waals surface area contributed by atoms with Gasteiger partial charge in [0.15, 0.2) is 0 Å². The fourth-order valence-corrected chi connectivity index (χ4v) is 3.70. The second kappa shape index (κ2) is 11.8. The third-order valence-corrected chi connectivity index (χ3v) is 5.46. The highest BCUT2D eigenvalue weighted by atomic mass is 16.5. The van der Waals surface area contributed by atoms with Gasteiger partial charge in [0.25, 0.3) is 0 Å². The maximum absolute atomic E-state index is 13.1. The highest BCUT2D eigenvalue weighted by Gasteiger charge is 2.29. The first-order valence-electron chi connectivity index (χ1n) is 11.6. The summed E-state index contributed by atoms with van der Waals surface area (Å²) in [5, 5.41) is 13.4. The Kier molecular flexibility index (Phi) is 8.09. The second-order valence-electron chi connectivity index (χ2n) is 7.80. The van der Waals surface area contributed by atoms with E-state index in [1.165, 1.54) is 39.8 Å². The summed E-state index contributed by atoms with van der Waals surface area (Å²) < 4.78 is 21.1. The van der Waals surface area contributed by atoms with E-state index in [2.05, 4.69) is 30.8 Å². The number of pyridine rings is 2. The number of benzene rings is 1. The number of esters is 2. The molecule has 3 aromatic heterocycles. The molecule has 0 bridgehead atoms. The molecule has 4 rings (SSSR count). The summed E-state index contributed by atoms with van der Waals surface area (Å²) in [6, 6.07) is 9.89. The van der Waals surface area contributed by atoms with Crippen LogP contribution in [0.4, 0.5) is 10.6 Å². The first-order chi connectivity index (χ1) is 18.9. The summed E-state index contributed by atoms with van der Waals surface area (Å²) >= 11 is 0. The third-order valence-electron chi connectivity index (χ3n) is 5.46. The monoisotopic (exact) mass is 532 g/mol. The van der Waals surface area contributed by atoms with Crippen molar-refractivity contribution in [1.82, 2.24) is 25.5 Å². The molecule has 0 saturated heterocycles. The van der Waals surface area contributed by atoms with Crippen molar-refractivity contribution in [2.45, 2.75) is 6.92 Å². The lowest BCUT2D eigenvalue weighted by atomic mass is 9.97. The van der Waals surface area contributed by atoms with Gasteiger partial charge in [-0.05, 0) is 25.1 Å². The van der Waals surface area contributed by atoms with Gasteiger partial charge in [-0.1, -0.05) is 18.2 Å². The number of ether oxygens (including phenoxy) is 3. The number of nitrogens with one attached hydrogen (secondary N) is 2. The molecule has 0 aliphatic rings. The number of carbonyl (C=O) groups excluding carboxylic acids is 3. The van der Waals surface area contributed by atoms with Crippen molar-refractivity contribution in [3.05, 3.63) is 59.9 Å². The van der Waals surface area contributed by atoms with E-state index in [9.17, 15) is 14.4 Å². The van der Waals surface area contributed by atoms with E-state index in [1.54, 1.807) is 19.1 Å². The van der Waals surface area contributed by atoms with E-state index < -0.39 is 18.0 Å². The minimum Gasteiger partial charge on any atom is -0.480 e. The van der Waals surface area contributed by atoms with Gasteiger partial charge < -0.3 is 23.9 Å². The summed E-state index contributed by atoms with van der Waals surface area (Å²) in [5.41, 5.74) is 1.24. The van der Waals surface area contributed by atoms with E-state index in [1.807, 2.05) is 18.2 Å². The largest absolute Gasteiger partial charge is 0.480 e. The van der Waals surface area contributed by atoms with Crippen LogP contribution in [0.2, 0.25) is 0 Å². The second-order valence-corrected chi connectivity index (χ2v) is 7.80. The predicted octanol–water partition coefficient (Wildman–Crippen LogP) is 3.58. The Morgan fingerprint density at radius 3 is 2.28 bits per heavy atom. The summed E-state index contributed by atoms with van der Waals surface area (Å²) in [4.78, 5) is 46.4. The average molecular weight is 533 g/mol. The first-order valence-corrected chi connectivity index (χ1v) is 11.6. The van der Waals surface area contributed by atoms with Gasteiger partial charge in [0.2, 0.25) is 17.7 Å². The molecule has 13 heteroatoms. The average Bonchev–Trinajstić information content (AvgIpc) is 3.46. The summed E-state index contributed by atoms with van der Waals surface area (Å²) in [7, 11) is 3.77. The van der Waals surface area contributed by atoms with Crippen molar-refractivity contribution in [3.8, 4) is 39.9 Å². The highest BCUT2D eigenvalue weighted by Crippen LogP contribution is 2.39. The number of methoxy groups -OCH3 is 3. The first kappa shape index (κ1) is 26.7. The zero-order valence-electron chi connectivity index (χ0n) is 21.5. The molecule has 0 radical (unpaired) electrons. The van der Waals surface area contributed by atoms with Crippen LogP contribution >= 0.6 is 0 Å². The van der Waals surface area contributed by atoms with Gasteiger partial charge in [0.05, 0.1) is 26.9 Å². The molecule has 2 N–H and O–H groups in total. The minimum absolute atomic E-state index is 0.0306. The predicted molar refractivity (Wildman–Crippen MR) is 138 cm³/mol. The number of aromatic nitrogens is 4. The van der Waals surface area contributed by atoms with E-state index in [-0.39, 0.29) is 45.7 Å². The molecule has 13 nitrogen and oxygen atoms in total. The standard InChI is InChI=1S/C26H24N6O7/c1-5-27-26(35)30-20-19(25(34)38-4)18(23-32-31-21(39-23)14-9-7-6-8-10-14)17(13-28-20)15-11-16(24(33)37-3)22(36-2)29-12-15/h6-13H,5H2,1-4H3,(H2,27,28,30,35). The maximum atomic E-state index is 13.1. The molecule has 0 aliphatic carbocycles. The Morgan fingerprint density at radius 2 is 1.62 bits per heavy atom. The molecular weight excluding hydrogens is 508 g/mol. The Labute approximate surface area is 222 Å². The number of hydrogen-bond donors (Lipinski definition) is 2. The zero-order chi connectivity index (χ0) is 27.9. The van der Waals surface area contributed by atoms with Crippen molar-refractivity contribution in [2.24, 2.45) is 0 Å². The quantitative estimate of drug-likeness (QED) is 0.318. The van der Waals surface area contributed by atoms with Gasteiger partial charge in [-0.2, -0.15) is 0 Å². The smallest absolute Gasteiger partial charge is 0.343 e. The molecule has 2 amide bonds. The van der Waals surface area contributed by atoms with Gasteiger partial charge in [0.1, 0.15) is 16.9 Å². The molecule has 0 spiro atoms. The van der Waals surface area contributed by atoms with Gasteiger partial charge in [0, 0.05) is 35.6 Å². The molecule has 0 aliphatic heterocycles. The maximum Gasteiger partial charge on any atom is 0.343 e. The molecule has 0 saturated carbocycles. The number of anilines is 1. The van der Waals surface area contributed by atoms with Crippen LogP contribution in [-0.4, -0.2) is 66.0 Å². The van der Waals surface area contributed by atoms with Gasteiger partial charge in [-0.25, -0.2) is 24.4 Å². The zero-order valence-corrected chi connectivity index (χ0v) is 21.5. The van der Waals surface area contributed by atoms with Crippen LogP contribution in [-0.2, 0) is 9.47 Å². The topological polar surface area (TPSA) is 168 Å². The van der Waals surface area contributed by atoms with E-state index in [0.717, 1.165) is 0 Å². The number of hydrogen-bond acceptors (Lipinski definition) is 11. The lowest BCUT2D eigenvalue weighted by molar-refractivity contribution is 0.0589. The van der Waals surface area contributed by atoms with Gasteiger partial charge >= 0.3 is 18.0 Å². The Hall–Kier alpha value is -5.33. The van der Waals surface area contributed by atoms with E-state index >= 15 is 0 Å². The van der Waals surface area contributed by atoms with Crippen LogP contribution in [0, 0.1) is 0 Å². The van der Waals surface area contributed by atoms with Crippen LogP contribution in [0.5, 0.6) is 5.88 Å². The molecule has 200 valence electrons. The number of nitrogens with zero attached hydrogens (tertiary/aromatic N) is 4. The Bertz CT molecular complexity index is 1520. The van der Waals surface area contributed by atoms with Crippen LogP contribution in [0.3, 0.4) is 0 Å². The lowest BCUT2D eigenvalue weighted by Crippen LogP contribution is -2.29. The van der Waals surface area contributed by atoms with Crippen LogP contribution in [0.25, 0.3) is 34.0 Å². The number of carbonyl (C=O) groups is 3. The van der Waals surface area contributed by atoms with Crippen LogP contribution < -0.4 is 15.4 Å². The molecular formula is C26H24N6O7. The molecule has 39 heavy (non-hydrogen) atoms. The van der Waals surface area contributed by atoms with Gasteiger partial charge in [-0.15, -0.1) is 10.2 Å². The fraction of sp³-hybridized carbons (Fsp3) is 0.192.